The zero-order valence-electron chi connectivity index (χ0n) is 15.1. The lowest BCUT2D eigenvalue weighted by molar-refractivity contribution is -0.137. The molecule has 5 nitrogen and oxygen atoms in total. The molecule has 0 atom stereocenters. The van der Waals surface area contributed by atoms with E-state index in [2.05, 4.69) is 9.88 Å². The van der Waals surface area contributed by atoms with Crippen LogP contribution in [-0.4, -0.2) is 30.8 Å². The van der Waals surface area contributed by atoms with E-state index in [1.54, 1.807) is 13.2 Å². The van der Waals surface area contributed by atoms with E-state index >= 15 is 0 Å². The summed E-state index contributed by atoms with van der Waals surface area (Å²) in [6.07, 6.45) is -2.46. The quantitative estimate of drug-likeness (QED) is 0.651. The van der Waals surface area contributed by atoms with Crippen LogP contribution >= 0.6 is 0 Å². The standard InChI is InChI=1S/C20H19F3N2O3/c1-27-11-10-25-9-8-14-12-16(4-7-18(14)25)24-19(26)13-28-17-5-2-15(3-6-17)20(21,22)23/h2-9,12H,10-11,13H2,1H3,(H,24,26). The highest BCUT2D eigenvalue weighted by Crippen LogP contribution is 2.30. The summed E-state index contributed by atoms with van der Waals surface area (Å²) in [6.45, 7) is 1.02. The lowest BCUT2D eigenvalue weighted by atomic mass is 10.2. The number of aromatic nitrogens is 1. The van der Waals surface area contributed by atoms with Gasteiger partial charge in [-0.05, 0) is 48.5 Å². The van der Waals surface area contributed by atoms with Gasteiger partial charge < -0.3 is 19.4 Å². The number of benzene rings is 2. The number of nitrogens with one attached hydrogen (secondary N) is 1. The van der Waals surface area contributed by atoms with Gasteiger partial charge in [-0.1, -0.05) is 0 Å². The predicted molar refractivity (Wildman–Crippen MR) is 99.4 cm³/mol. The fraction of sp³-hybridized carbons (Fsp3) is 0.250. The van der Waals surface area contributed by atoms with Gasteiger partial charge in [0.15, 0.2) is 6.61 Å². The van der Waals surface area contributed by atoms with E-state index in [0.717, 1.165) is 29.6 Å². The van der Waals surface area contributed by atoms with Crippen LogP contribution in [0.4, 0.5) is 18.9 Å². The minimum absolute atomic E-state index is 0.189. The molecule has 0 saturated heterocycles. The molecule has 1 heterocycles. The summed E-state index contributed by atoms with van der Waals surface area (Å²) in [4.78, 5) is 12.1. The molecule has 0 fully saturated rings. The van der Waals surface area contributed by atoms with Crippen molar-refractivity contribution in [3.63, 3.8) is 0 Å². The third kappa shape index (κ3) is 4.83. The number of alkyl halides is 3. The first-order valence-corrected chi connectivity index (χ1v) is 8.54. The second-order valence-electron chi connectivity index (χ2n) is 6.13. The molecule has 28 heavy (non-hydrogen) atoms. The van der Waals surface area contributed by atoms with Crippen molar-refractivity contribution in [2.45, 2.75) is 12.7 Å². The monoisotopic (exact) mass is 392 g/mol. The van der Waals surface area contributed by atoms with Gasteiger partial charge >= 0.3 is 6.18 Å². The highest BCUT2D eigenvalue weighted by molar-refractivity contribution is 5.94. The summed E-state index contributed by atoms with van der Waals surface area (Å²) < 4.78 is 50.0. The molecule has 0 aliphatic rings. The van der Waals surface area contributed by atoms with Crippen LogP contribution in [0.25, 0.3) is 10.9 Å². The summed E-state index contributed by atoms with van der Waals surface area (Å²) in [7, 11) is 1.64. The van der Waals surface area contributed by atoms with Gasteiger partial charge in [0.1, 0.15) is 5.75 Å². The predicted octanol–water partition coefficient (Wildman–Crippen LogP) is 4.32. The number of rotatable bonds is 7. The normalized spacial score (nSPS) is 11.6. The van der Waals surface area contributed by atoms with Crippen LogP contribution in [0.15, 0.2) is 54.7 Å². The van der Waals surface area contributed by atoms with Crippen molar-refractivity contribution >= 4 is 22.5 Å². The summed E-state index contributed by atoms with van der Waals surface area (Å²) in [5.41, 5.74) is 0.865. The Kier molecular flexibility index (Phi) is 5.89. The maximum atomic E-state index is 12.5. The molecule has 8 heteroatoms. The maximum Gasteiger partial charge on any atom is 0.416 e. The number of methoxy groups -OCH3 is 1. The Balaban J connectivity index is 1.57. The minimum Gasteiger partial charge on any atom is -0.484 e. The van der Waals surface area contributed by atoms with Gasteiger partial charge in [0.25, 0.3) is 5.91 Å². The van der Waals surface area contributed by atoms with Crippen molar-refractivity contribution in [3.8, 4) is 5.75 Å². The number of hydrogen-bond acceptors (Lipinski definition) is 3. The molecular weight excluding hydrogens is 373 g/mol. The van der Waals surface area contributed by atoms with Crippen molar-refractivity contribution in [3.05, 3.63) is 60.3 Å². The number of halogens is 3. The fourth-order valence-electron chi connectivity index (χ4n) is 2.75. The lowest BCUT2D eigenvalue weighted by Crippen LogP contribution is -2.20. The smallest absolute Gasteiger partial charge is 0.416 e. The molecule has 1 amide bonds. The largest absolute Gasteiger partial charge is 0.484 e. The second-order valence-corrected chi connectivity index (χ2v) is 6.13. The molecular formula is C20H19F3N2O3. The van der Waals surface area contributed by atoms with Crippen molar-refractivity contribution in [1.82, 2.24) is 4.57 Å². The third-order valence-corrected chi connectivity index (χ3v) is 4.14. The molecule has 0 aliphatic carbocycles. The first-order chi connectivity index (χ1) is 13.4. The Morgan fingerprint density at radius 1 is 1.11 bits per heavy atom. The average molecular weight is 392 g/mol. The summed E-state index contributed by atoms with van der Waals surface area (Å²) in [6, 6.07) is 11.7. The average Bonchev–Trinajstić information content (AvgIpc) is 3.06. The summed E-state index contributed by atoms with van der Waals surface area (Å²) in [5.74, 6) is -0.216. The van der Waals surface area contributed by atoms with E-state index in [-0.39, 0.29) is 12.4 Å². The molecule has 0 saturated carbocycles. The van der Waals surface area contributed by atoms with Crippen molar-refractivity contribution in [2.24, 2.45) is 0 Å². The molecule has 148 valence electrons. The van der Waals surface area contributed by atoms with Crippen LogP contribution in [0.1, 0.15) is 5.56 Å². The van der Waals surface area contributed by atoms with Crippen LogP contribution < -0.4 is 10.1 Å². The Labute approximate surface area is 159 Å². The number of nitrogens with zero attached hydrogens (tertiary/aromatic N) is 1. The van der Waals surface area contributed by atoms with Crippen molar-refractivity contribution < 1.29 is 27.4 Å². The Hall–Kier alpha value is -3.00. The number of ether oxygens (including phenoxy) is 2. The van der Waals surface area contributed by atoms with Crippen molar-refractivity contribution in [1.29, 1.82) is 0 Å². The van der Waals surface area contributed by atoms with Gasteiger partial charge in [-0.2, -0.15) is 13.2 Å². The molecule has 2 aromatic carbocycles. The van der Waals surface area contributed by atoms with Crippen LogP contribution in [0.3, 0.4) is 0 Å². The van der Waals surface area contributed by atoms with E-state index < -0.39 is 17.6 Å². The Morgan fingerprint density at radius 2 is 1.86 bits per heavy atom. The molecule has 1 aromatic heterocycles. The van der Waals surface area contributed by atoms with Gasteiger partial charge in [-0.15, -0.1) is 0 Å². The molecule has 0 unspecified atom stereocenters. The van der Waals surface area contributed by atoms with E-state index in [0.29, 0.717) is 12.3 Å². The number of fused-ring (bicyclic) bond motifs is 1. The topological polar surface area (TPSA) is 52.5 Å². The fourth-order valence-corrected chi connectivity index (χ4v) is 2.75. The SMILES string of the molecule is COCCn1ccc2cc(NC(=O)COc3ccc(C(F)(F)F)cc3)ccc21. The van der Waals surface area contributed by atoms with Crippen molar-refractivity contribution in [2.75, 3.05) is 25.6 Å². The summed E-state index contributed by atoms with van der Waals surface area (Å²) in [5, 5.41) is 3.68. The number of carbonyl (C=O) groups is 1. The number of hydrogen-bond donors (Lipinski definition) is 1. The molecule has 0 radical (unpaired) electrons. The molecule has 3 aromatic rings. The van der Waals surface area contributed by atoms with Crippen LogP contribution in [0.5, 0.6) is 5.75 Å². The highest BCUT2D eigenvalue weighted by Gasteiger charge is 2.30. The molecule has 0 spiro atoms. The third-order valence-electron chi connectivity index (χ3n) is 4.14. The van der Waals surface area contributed by atoms with E-state index in [4.69, 9.17) is 9.47 Å². The van der Waals surface area contributed by atoms with Crippen LogP contribution in [0.2, 0.25) is 0 Å². The Morgan fingerprint density at radius 3 is 2.54 bits per heavy atom. The Bertz CT molecular complexity index is 949. The van der Waals surface area contributed by atoms with E-state index in [1.165, 1.54) is 12.1 Å². The van der Waals surface area contributed by atoms with Gasteiger partial charge in [0, 0.05) is 36.4 Å². The second kappa shape index (κ2) is 8.35. The van der Waals surface area contributed by atoms with Crippen LogP contribution in [0, 0.1) is 0 Å². The van der Waals surface area contributed by atoms with Crippen LogP contribution in [-0.2, 0) is 22.3 Å². The van der Waals surface area contributed by atoms with E-state index in [9.17, 15) is 18.0 Å². The highest BCUT2D eigenvalue weighted by atomic mass is 19.4. The molecule has 1 N–H and O–H groups in total. The van der Waals surface area contributed by atoms with Gasteiger partial charge in [0.05, 0.1) is 12.2 Å². The molecule has 0 aliphatic heterocycles. The summed E-state index contributed by atoms with van der Waals surface area (Å²) >= 11 is 0. The minimum atomic E-state index is -4.41. The van der Waals surface area contributed by atoms with Gasteiger partial charge in [-0.25, -0.2) is 0 Å². The van der Waals surface area contributed by atoms with Gasteiger partial charge in [0.2, 0.25) is 0 Å². The molecule has 3 rings (SSSR count). The van der Waals surface area contributed by atoms with Gasteiger partial charge in [-0.3, -0.25) is 4.79 Å². The first-order valence-electron chi connectivity index (χ1n) is 8.54. The number of amides is 1. The maximum absolute atomic E-state index is 12.5. The molecule has 0 bridgehead atoms. The number of anilines is 1. The first kappa shape index (κ1) is 19.8. The number of carbonyl (C=O) groups excluding carboxylic acids is 1. The van der Waals surface area contributed by atoms with E-state index in [1.807, 2.05) is 24.4 Å². The zero-order chi connectivity index (χ0) is 20.1. The zero-order valence-corrected chi connectivity index (χ0v) is 15.1. The lowest BCUT2D eigenvalue weighted by Gasteiger charge is -2.10.